The molecule has 0 aromatic heterocycles. The van der Waals surface area contributed by atoms with E-state index < -0.39 is 0 Å². The fourth-order valence-corrected chi connectivity index (χ4v) is 2.45. The molecule has 3 atom stereocenters. The maximum absolute atomic E-state index is 5.85. The van der Waals surface area contributed by atoms with Crippen molar-refractivity contribution in [3.63, 3.8) is 0 Å². The summed E-state index contributed by atoms with van der Waals surface area (Å²) in [5.74, 6) is 0.756. The van der Waals surface area contributed by atoms with Crippen molar-refractivity contribution < 1.29 is 4.74 Å². The monoisotopic (exact) mass is 180 g/mol. The van der Waals surface area contributed by atoms with E-state index in [-0.39, 0.29) is 0 Å². The third kappa shape index (κ3) is 2.14. The molecule has 2 bridgehead atoms. The van der Waals surface area contributed by atoms with Gasteiger partial charge in [-0.05, 0) is 12.8 Å². The van der Waals surface area contributed by atoms with Crippen LogP contribution in [0.2, 0.25) is 0 Å². The van der Waals surface area contributed by atoms with Gasteiger partial charge in [-0.2, -0.15) is 0 Å². The average molecular weight is 180 g/mol. The van der Waals surface area contributed by atoms with Crippen LogP contribution >= 0.6 is 0 Å². The van der Waals surface area contributed by atoms with E-state index in [1.807, 2.05) is 0 Å². The Hall–Kier alpha value is -0.300. The van der Waals surface area contributed by atoms with Crippen molar-refractivity contribution in [3.05, 3.63) is 12.2 Å². The minimum absolute atomic E-state index is 0.473. The summed E-state index contributed by atoms with van der Waals surface area (Å²) < 4.78 is 5.85. The lowest BCUT2D eigenvalue weighted by Gasteiger charge is -2.18. The first-order chi connectivity index (χ1) is 6.40. The van der Waals surface area contributed by atoms with Crippen LogP contribution in [0.5, 0.6) is 0 Å². The molecule has 0 radical (unpaired) electrons. The predicted octanol–water partition coefficient (Wildman–Crippen LogP) is 3.30. The molecule has 1 aliphatic carbocycles. The van der Waals surface area contributed by atoms with Crippen LogP contribution in [-0.4, -0.2) is 12.2 Å². The van der Waals surface area contributed by atoms with Crippen LogP contribution in [0.25, 0.3) is 0 Å². The highest BCUT2D eigenvalue weighted by atomic mass is 16.5. The largest absolute Gasteiger partial charge is 0.370 e. The van der Waals surface area contributed by atoms with E-state index in [1.165, 1.54) is 38.5 Å². The van der Waals surface area contributed by atoms with Gasteiger partial charge >= 0.3 is 0 Å². The quantitative estimate of drug-likeness (QED) is 0.466. The Kier molecular flexibility index (Phi) is 3.05. The van der Waals surface area contributed by atoms with E-state index in [1.54, 1.807) is 0 Å². The standard InChI is InChI=1S/C12H20O/c1-2-3-4-5-6-12-10-7-8-11(9-10)13-12/h7-8,10-12H,2-6,9H2,1H3. The van der Waals surface area contributed by atoms with Gasteiger partial charge < -0.3 is 4.74 Å². The minimum atomic E-state index is 0.473. The zero-order chi connectivity index (χ0) is 9.10. The molecule has 2 aliphatic rings. The summed E-state index contributed by atoms with van der Waals surface area (Å²) in [7, 11) is 0. The molecule has 1 saturated heterocycles. The molecule has 1 aliphatic heterocycles. The number of fused-ring (bicyclic) bond motifs is 2. The molecule has 13 heavy (non-hydrogen) atoms. The smallest absolute Gasteiger partial charge is 0.0766 e. The summed E-state index contributed by atoms with van der Waals surface area (Å²) in [6.07, 6.45) is 13.6. The van der Waals surface area contributed by atoms with Crippen molar-refractivity contribution in [2.24, 2.45) is 5.92 Å². The van der Waals surface area contributed by atoms with Crippen LogP contribution < -0.4 is 0 Å². The first kappa shape index (κ1) is 9.26. The van der Waals surface area contributed by atoms with Crippen molar-refractivity contribution in [3.8, 4) is 0 Å². The molecule has 1 heteroatoms. The first-order valence-electron chi connectivity index (χ1n) is 5.74. The summed E-state index contributed by atoms with van der Waals surface area (Å²) in [6.45, 7) is 2.26. The molecule has 0 aromatic carbocycles. The van der Waals surface area contributed by atoms with Crippen molar-refractivity contribution >= 4 is 0 Å². The van der Waals surface area contributed by atoms with Crippen molar-refractivity contribution in [2.45, 2.75) is 57.7 Å². The fourth-order valence-electron chi connectivity index (χ4n) is 2.45. The summed E-state index contributed by atoms with van der Waals surface area (Å²) in [5, 5.41) is 0. The Morgan fingerprint density at radius 1 is 1.23 bits per heavy atom. The highest BCUT2D eigenvalue weighted by molar-refractivity contribution is 5.10. The van der Waals surface area contributed by atoms with Gasteiger partial charge in [-0.3, -0.25) is 0 Å². The molecule has 74 valence electrons. The molecule has 0 N–H and O–H groups in total. The Morgan fingerprint density at radius 2 is 2.15 bits per heavy atom. The van der Waals surface area contributed by atoms with Crippen LogP contribution in [-0.2, 0) is 4.74 Å². The lowest BCUT2D eigenvalue weighted by atomic mass is 9.98. The van der Waals surface area contributed by atoms with E-state index >= 15 is 0 Å². The minimum Gasteiger partial charge on any atom is -0.370 e. The van der Waals surface area contributed by atoms with Gasteiger partial charge in [0.1, 0.15) is 0 Å². The second kappa shape index (κ2) is 4.28. The molecular weight excluding hydrogens is 160 g/mol. The Morgan fingerprint density at radius 3 is 2.77 bits per heavy atom. The number of hydrogen-bond donors (Lipinski definition) is 0. The predicted molar refractivity (Wildman–Crippen MR) is 54.7 cm³/mol. The fraction of sp³-hybridized carbons (Fsp3) is 0.833. The normalized spacial score (nSPS) is 35.9. The number of hydrogen-bond acceptors (Lipinski definition) is 1. The maximum Gasteiger partial charge on any atom is 0.0766 e. The van der Waals surface area contributed by atoms with Crippen LogP contribution in [0.15, 0.2) is 12.2 Å². The average Bonchev–Trinajstić information content (AvgIpc) is 2.73. The van der Waals surface area contributed by atoms with Crippen LogP contribution in [0.1, 0.15) is 45.4 Å². The molecule has 2 rings (SSSR count). The first-order valence-corrected chi connectivity index (χ1v) is 5.74. The molecule has 0 aromatic rings. The van der Waals surface area contributed by atoms with Crippen molar-refractivity contribution in [1.29, 1.82) is 0 Å². The van der Waals surface area contributed by atoms with Gasteiger partial charge in [-0.1, -0.05) is 44.8 Å². The van der Waals surface area contributed by atoms with E-state index in [9.17, 15) is 0 Å². The maximum atomic E-state index is 5.85. The highest BCUT2D eigenvalue weighted by Crippen LogP contribution is 2.36. The zero-order valence-electron chi connectivity index (χ0n) is 8.54. The third-order valence-corrected chi connectivity index (χ3v) is 3.25. The lowest BCUT2D eigenvalue weighted by molar-refractivity contribution is 0.0479. The van der Waals surface area contributed by atoms with Gasteiger partial charge in [0.15, 0.2) is 0 Å². The number of rotatable bonds is 5. The summed E-state index contributed by atoms with van der Waals surface area (Å²) >= 11 is 0. The van der Waals surface area contributed by atoms with Gasteiger partial charge in [0, 0.05) is 5.92 Å². The van der Waals surface area contributed by atoms with Crippen LogP contribution in [0, 0.1) is 5.92 Å². The van der Waals surface area contributed by atoms with Crippen molar-refractivity contribution in [1.82, 2.24) is 0 Å². The highest BCUT2D eigenvalue weighted by Gasteiger charge is 2.35. The molecule has 1 fully saturated rings. The second-order valence-corrected chi connectivity index (χ2v) is 4.35. The molecule has 1 heterocycles. The molecule has 0 amide bonds. The van der Waals surface area contributed by atoms with Crippen molar-refractivity contribution in [2.75, 3.05) is 0 Å². The van der Waals surface area contributed by atoms with Gasteiger partial charge in [0.05, 0.1) is 12.2 Å². The SMILES string of the molecule is CCCCCCC1OC2C=CC1C2. The topological polar surface area (TPSA) is 9.23 Å². The van der Waals surface area contributed by atoms with Crippen LogP contribution in [0.3, 0.4) is 0 Å². The van der Waals surface area contributed by atoms with Gasteiger partial charge in [-0.25, -0.2) is 0 Å². The zero-order valence-corrected chi connectivity index (χ0v) is 8.54. The molecular formula is C12H20O. The van der Waals surface area contributed by atoms with E-state index in [2.05, 4.69) is 19.1 Å². The summed E-state index contributed by atoms with van der Waals surface area (Å²) in [5.41, 5.74) is 0. The van der Waals surface area contributed by atoms with Gasteiger partial charge in [0.25, 0.3) is 0 Å². The Bertz CT molecular complexity index is 186. The molecule has 3 unspecified atom stereocenters. The van der Waals surface area contributed by atoms with E-state index in [4.69, 9.17) is 4.74 Å². The Balaban J connectivity index is 1.64. The second-order valence-electron chi connectivity index (χ2n) is 4.35. The Labute approximate surface area is 81.2 Å². The third-order valence-electron chi connectivity index (χ3n) is 3.25. The van der Waals surface area contributed by atoms with E-state index in [0.717, 1.165) is 5.92 Å². The number of ether oxygens (including phenoxy) is 1. The number of unbranched alkanes of at least 4 members (excludes halogenated alkanes) is 3. The molecule has 0 spiro atoms. The molecule has 1 nitrogen and oxygen atoms in total. The van der Waals surface area contributed by atoms with Gasteiger partial charge in [-0.15, -0.1) is 0 Å². The van der Waals surface area contributed by atoms with Crippen LogP contribution in [0.4, 0.5) is 0 Å². The molecule has 0 saturated carbocycles. The summed E-state index contributed by atoms with van der Waals surface area (Å²) in [4.78, 5) is 0. The van der Waals surface area contributed by atoms with Gasteiger partial charge in [0.2, 0.25) is 0 Å². The van der Waals surface area contributed by atoms with E-state index in [0.29, 0.717) is 12.2 Å². The lowest BCUT2D eigenvalue weighted by Crippen LogP contribution is -2.17. The summed E-state index contributed by atoms with van der Waals surface area (Å²) in [6, 6.07) is 0.